The average Bonchev–Trinajstić information content (AvgIpc) is 3.41. The lowest BCUT2D eigenvalue weighted by atomic mass is 9.98. The average molecular weight is 473 g/mol. The first-order valence-corrected chi connectivity index (χ1v) is 11.2. The highest BCUT2D eigenvalue weighted by atomic mass is 16.5. The zero-order valence-electron chi connectivity index (χ0n) is 18.6. The molecule has 2 aromatic carbocycles. The number of hydrogen-bond donors (Lipinski definition) is 3. The van der Waals surface area contributed by atoms with Gasteiger partial charge in [0, 0.05) is 25.1 Å². The van der Waals surface area contributed by atoms with Gasteiger partial charge in [-0.15, -0.1) is 0 Å². The minimum atomic E-state index is -1.21. The van der Waals surface area contributed by atoms with E-state index < -0.39 is 30.1 Å². The van der Waals surface area contributed by atoms with Crippen LogP contribution in [0.2, 0.25) is 0 Å². The summed E-state index contributed by atoms with van der Waals surface area (Å²) < 4.78 is 5.54. The number of carbonyl (C=O) groups is 3. The van der Waals surface area contributed by atoms with Crippen molar-refractivity contribution >= 4 is 23.7 Å². The van der Waals surface area contributed by atoms with Crippen molar-refractivity contribution in [1.82, 2.24) is 9.88 Å². The highest BCUT2D eigenvalue weighted by molar-refractivity contribution is 6.02. The molecule has 1 saturated heterocycles. The summed E-state index contributed by atoms with van der Waals surface area (Å²) in [5.41, 5.74) is 4.34. The summed E-state index contributed by atoms with van der Waals surface area (Å²) in [6.45, 7) is -0.0282. The van der Waals surface area contributed by atoms with Gasteiger partial charge in [0.05, 0.1) is 11.8 Å². The van der Waals surface area contributed by atoms with Crippen LogP contribution in [0.4, 0.5) is 10.5 Å². The third kappa shape index (κ3) is 4.22. The molecular weight excluding hydrogens is 450 g/mol. The van der Waals surface area contributed by atoms with Gasteiger partial charge in [-0.25, -0.2) is 14.6 Å². The molecule has 0 unspecified atom stereocenters. The molecule has 0 bridgehead atoms. The second-order valence-electron chi connectivity index (χ2n) is 8.55. The number of amides is 2. The second kappa shape index (κ2) is 9.19. The first-order valence-electron chi connectivity index (χ1n) is 11.2. The molecule has 3 aromatic rings. The number of carboxylic acid groups (broad SMARTS) is 1. The lowest BCUT2D eigenvalue weighted by molar-refractivity contribution is -0.141. The van der Waals surface area contributed by atoms with Crippen LogP contribution in [-0.4, -0.2) is 63.4 Å². The summed E-state index contributed by atoms with van der Waals surface area (Å²) in [4.78, 5) is 42.4. The topological polar surface area (TPSA) is 129 Å². The van der Waals surface area contributed by atoms with Crippen LogP contribution < -0.4 is 5.32 Å². The van der Waals surface area contributed by atoms with E-state index in [4.69, 9.17) is 4.74 Å². The molecule has 35 heavy (non-hydrogen) atoms. The molecular formula is C26H23N3O6. The van der Waals surface area contributed by atoms with Gasteiger partial charge in [-0.1, -0.05) is 48.5 Å². The van der Waals surface area contributed by atoms with Crippen LogP contribution in [0.3, 0.4) is 0 Å². The number of aliphatic carboxylic acids is 1. The molecule has 2 heterocycles. The maximum absolute atomic E-state index is 13.0. The highest BCUT2D eigenvalue weighted by Crippen LogP contribution is 2.44. The van der Waals surface area contributed by atoms with Crippen molar-refractivity contribution < 1.29 is 29.3 Å². The number of hydrogen-bond acceptors (Lipinski definition) is 6. The lowest BCUT2D eigenvalue weighted by Crippen LogP contribution is -2.41. The number of ether oxygens (including phenoxy) is 1. The molecule has 0 spiro atoms. The third-order valence-electron chi connectivity index (χ3n) is 6.42. The van der Waals surface area contributed by atoms with Crippen molar-refractivity contribution in [3.8, 4) is 11.1 Å². The van der Waals surface area contributed by atoms with Crippen LogP contribution in [-0.2, 0) is 9.53 Å². The van der Waals surface area contributed by atoms with E-state index in [0.717, 1.165) is 27.2 Å². The fraction of sp³-hybridized carbons (Fsp3) is 0.231. The summed E-state index contributed by atoms with van der Waals surface area (Å²) in [6, 6.07) is 17.8. The number of carbonyl (C=O) groups excluding carboxylic acids is 2. The molecule has 1 fully saturated rings. The van der Waals surface area contributed by atoms with Crippen molar-refractivity contribution in [3.63, 3.8) is 0 Å². The number of nitrogens with zero attached hydrogens (tertiary/aromatic N) is 2. The molecule has 1 aromatic heterocycles. The Balaban J connectivity index is 1.31. The molecule has 2 amide bonds. The van der Waals surface area contributed by atoms with Crippen LogP contribution >= 0.6 is 0 Å². The van der Waals surface area contributed by atoms with Crippen LogP contribution in [0.25, 0.3) is 11.1 Å². The highest BCUT2D eigenvalue weighted by Gasteiger charge is 2.40. The van der Waals surface area contributed by atoms with Gasteiger partial charge >= 0.3 is 12.1 Å². The number of carboxylic acids is 1. The van der Waals surface area contributed by atoms with Crippen molar-refractivity contribution in [1.29, 1.82) is 0 Å². The summed E-state index contributed by atoms with van der Waals surface area (Å²) in [5, 5.41) is 21.8. The van der Waals surface area contributed by atoms with Crippen molar-refractivity contribution in [2.24, 2.45) is 0 Å². The van der Waals surface area contributed by atoms with Crippen molar-refractivity contribution in [2.75, 3.05) is 18.5 Å². The molecule has 5 rings (SSSR count). The van der Waals surface area contributed by atoms with Gasteiger partial charge in [-0.2, -0.15) is 0 Å². The Morgan fingerprint density at radius 1 is 1.00 bits per heavy atom. The lowest BCUT2D eigenvalue weighted by Gasteiger charge is -2.22. The molecule has 9 heteroatoms. The monoisotopic (exact) mass is 473 g/mol. The van der Waals surface area contributed by atoms with Crippen LogP contribution in [0, 0.1) is 0 Å². The zero-order chi connectivity index (χ0) is 24.5. The minimum Gasteiger partial charge on any atom is -0.480 e. The van der Waals surface area contributed by atoms with Crippen molar-refractivity contribution in [2.45, 2.75) is 24.5 Å². The second-order valence-corrected chi connectivity index (χ2v) is 8.55. The van der Waals surface area contributed by atoms with E-state index >= 15 is 0 Å². The normalized spacial score (nSPS) is 18.6. The number of fused-ring (bicyclic) bond motifs is 3. The Hall–Kier alpha value is -4.24. The molecule has 3 N–H and O–H groups in total. The Labute approximate surface area is 201 Å². The Morgan fingerprint density at radius 3 is 2.31 bits per heavy atom. The molecule has 1 aliphatic carbocycles. The van der Waals surface area contributed by atoms with Gasteiger partial charge in [0.2, 0.25) is 0 Å². The summed E-state index contributed by atoms with van der Waals surface area (Å²) in [6.07, 6.45) is -0.394. The smallest absolute Gasteiger partial charge is 0.411 e. The maximum atomic E-state index is 13.0. The number of aliphatic hydroxyl groups is 1. The number of likely N-dealkylation sites (tertiary alicyclic amines) is 1. The van der Waals surface area contributed by atoms with E-state index in [1.165, 1.54) is 12.3 Å². The summed E-state index contributed by atoms with van der Waals surface area (Å²) in [7, 11) is 0. The van der Waals surface area contributed by atoms with Gasteiger partial charge in [0.25, 0.3) is 5.91 Å². The number of nitrogens with one attached hydrogen (secondary N) is 1. The number of pyridine rings is 1. The largest absolute Gasteiger partial charge is 0.480 e. The van der Waals surface area contributed by atoms with Crippen LogP contribution in [0.1, 0.15) is 34.0 Å². The molecule has 2 aliphatic rings. The Bertz CT molecular complexity index is 1260. The zero-order valence-corrected chi connectivity index (χ0v) is 18.6. The van der Waals surface area contributed by atoms with Crippen LogP contribution in [0.15, 0.2) is 66.9 Å². The number of β-amino-alcohol motifs (C(OH)–C–C–N with tert-alkyl or cyclic N) is 1. The minimum absolute atomic E-state index is 0.0664. The number of benzene rings is 2. The fourth-order valence-corrected chi connectivity index (χ4v) is 4.83. The molecule has 0 radical (unpaired) electrons. The van der Waals surface area contributed by atoms with Gasteiger partial charge in [-0.3, -0.25) is 10.1 Å². The van der Waals surface area contributed by atoms with E-state index in [2.05, 4.69) is 10.3 Å². The van der Waals surface area contributed by atoms with Gasteiger partial charge < -0.3 is 19.8 Å². The number of rotatable bonds is 5. The number of aromatic nitrogens is 1. The Kier molecular flexibility index (Phi) is 5.92. The Morgan fingerprint density at radius 2 is 1.66 bits per heavy atom. The summed E-state index contributed by atoms with van der Waals surface area (Å²) in [5.74, 6) is -2.02. The van der Waals surface area contributed by atoms with Crippen LogP contribution in [0.5, 0.6) is 0 Å². The fourth-order valence-electron chi connectivity index (χ4n) is 4.83. The van der Waals surface area contributed by atoms with E-state index in [-0.39, 0.29) is 36.9 Å². The van der Waals surface area contributed by atoms with Gasteiger partial charge in [-0.05, 0) is 34.4 Å². The van der Waals surface area contributed by atoms with Gasteiger partial charge in [0.15, 0.2) is 5.69 Å². The maximum Gasteiger partial charge on any atom is 0.411 e. The quantitative estimate of drug-likeness (QED) is 0.519. The van der Waals surface area contributed by atoms with E-state index in [1.807, 2.05) is 48.5 Å². The van der Waals surface area contributed by atoms with Crippen molar-refractivity contribution in [3.05, 3.63) is 83.7 Å². The first kappa shape index (κ1) is 22.5. The molecule has 9 nitrogen and oxygen atoms in total. The standard InChI is InChI=1S/C26H23N3O6/c30-15-12-22(25(32)33)29(13-15)24(31)23-21(10-5-11-27-23)28-26(34)35-14-20-18-8-3-1-6-16(18)17-7-2-4-9-19(17)20/h1-11,15,20,22,30H,12-14H2,(H,28,34)(H,32,33)/t15-,22+/m1/s1. The molecule has 0 saturated carbocycles. The molecule has 2 atom stereocenters. The SMILES string of the molecule is O=C(Nc1cccnc1C(=O)N1C[C@H](O)C[C@H]1C(=O)O)OCC1c2ccccc2-c2ccccc21. The van der Waals surface area contributed by atoms with Gasteiger partial charge in [0.1, 0.15) is 12.6 Å². The van der Waals surface area contributed by atoms with E-state index in [0.29, 0.717) is 0 Å². The third-order valence-corrected chi connectivity index (χ3v) is 6.42. The first-order chi connectivity index (χ1) is 16.9. The molecule has 178 valence electrons. The number of anilines is 1. The number of aliphatic hydroxyl groups excluding tert-OH is 1. The van der Waals surface area contributed by atoms with E-state index in [9.17, 15) is 24.6 Å². The predicted octanol–water partition coefficient (Wildman–Crippen LogP) is 3.10. The molecule has 1 aliphatic heterocycles. The predicted molar refractivity (Wildman–Crippen MR) is 126 cm³/mol. The summed E-state index contributed by atoms with van der Waals surface area (Å²) >= 11 is 0. The van der Waals surface area contributed by atoms with E-state index in [1.54, 1.807) is 6.07 Å².